The Bertz CT molecular complexity index is 3060. The van der Waals surface area contributed by atoms with Gasteiger partial charge in [-0.05, 0) is 52.9 Å². The zero-order valence-corrected chi connectivity index (χ0v) is 29.4. The molecule has 4 heterocycles. The number of para-hydroxylation sites is 2. The van der Waals surface area contributed by atoms with Crippen molar-refractivity contribution in [3.8, 4) is 11.1 Å². The summed E-state index contributed by atoms with van der Waals surface area (Å²) in [5, 5.41) is 7.60. The summed E-state index contributed by atoms with van der Waals surface area (Å²) in [6, 6.07) is 57.4. The van der Waals surface area contributed by atoms with Gasteiger partial charge in [0.25, 0.3) is 0 Å². The second-order valence-corrected chi connectivity index (χ2v) is 15.0. The molecule has 7 aromatic carbocycles. The third-order valence-corrected chi connectivity index (χ3v) is 12.3. The summed E-state index contributed by atoms with van der Waals surface area (Å²) in [7, 11) is 0. The van der Waals surface area contributed by atoms with E-state index in [1.54, 1.807) is 0 Å². The topological polar surface area (TPSA) is 29.1 Å². The van der Waals surface area contributed by atoms with Crippen LogP contribution in [-0.4, -0.2) is 15.9 Å². The standard InChI is InChI=1S/C48H33N3S/c1-2-32-45(29-14-5-3-6-15-29)49-48(50-46(32)30-16-7-4-8-17-30)44-33(31-24-25-36-35-19-10-12-23-41(35)52-42(36)28-31)26-27-40-43(44)38-21-13-20-37-34-18-9-11-22-39(34)51(40)47(37)38/h3-28,32,45H,2H2,1H3. The molecule has 0 aliphatic carbocycles. The van der Waals surface area contributed by atoms with E-state index in [2.05, 4.69) is 169 Å². The van der Waals surface area contributed by atoms with Gasteiger partial charge < -0.3 is 4.40 Å². The Morgan fingerprint density at radius 3 is 2.13 bits per heavy atom. The number of hydrogen-bond acceptors (Lipinski definition) is 3. The van der Waals surface area contributed by atoms with Gasteiger partial charge in [-0.3, -0.25) is 4.99 Å². The smallest absolute Gasteiger partial charge is 0.156 e. The number of hydrogen-bond donors (Lipinski definition) is 0. The maximum atomic E-state index is 5.71. The molecule has 0 radical (unpaired) electrons. The third kappa shape index (κ3) is 4.25. The van der Waals surface area contributed by atoms with Crippen molar-refractivity contribution >= 4 is 81.2 Å². The highest BCUT2D eigenvalue weighted by atomic mass is 32.1. The summed E-state index contributed by atoms with van der Waals surface area (Å²) in [5.74, 6) is 0.942. The normalized spacial score (nSPS) is 16.5. The second kappa shape index (κ2) is 11.5. The van der Waals surface area contributed by atoms with E-state index in [1.165, 1.54) is 69.4 Å². The summed E-state index contributed by atoms with van der Waals surface area (Å²) < 4.78 is 5.07. The van der Waals surface area contributed by atoms with Crippen LogP contribution < -0.4 is 0 Å². The molecule has 0 amide bonds. The number of fused-ring (bicyclic) bond motifs is 9. The Morgan fingerprint density at radius 2 is 1.29 bits per heavy atom. The number of aliphatic imine (C=N–C) groups is 2. The molecule has 2 atom stereocenters. The summed E-state index contributed by atoms with van der Waals surface area (Å²) >= 11 is 1.86. The summed E-state index contributed by atoms with van der Waals surface area (Å²) in [5.41, 5.74) is 10.6. The van der Waals surface area contributed by atoms with Crippen molar-refractivity contribution < 1.29 is 0 Å². The van der Waals surface area contributed by atoms with Gasteiger partial charge in [-0.1, -0.05) is 140 Å². The lowest BCUT2D eigenvalue weighted by atomic mass is 9.82. The molecular formula is C48H33N3S. The van der Waals surface area contributed by atoms with Crippen molar-refractivity contribution in [2.75, 3.05) is 0 Å². The molecule has 0 saturated heterocycles. The Balaban J connectivity index is 1.27. The van der Waals surface area contributed by atoms with Crippen LogP contribution in [0.5, 0.6) is 0 Å². The van der Waals surface area contributed by atoms with E-state index in [0.717, 1.165) is 34.7 Å². The van der Waals surface area contributed by atoms with Crippen LogP contribution in [0.4, 0.5) is 0 Å². The Morgan fingerprint density at radius 1 is 0.577 bits per heavy atom. The van der Waals surface area contributed by atoms with Crippen molar-refractivity contribution in [2.45, 2.75) is 19.4 Å². The Labute approximate surface area is 305 Å². The van der Waals surface area contributed by atoms with Crippen LogP contribution in [0.1, 0.15) is 36.1 Å². The quantitative estimate of drug-likeness (QED) is 0.173. The first-order chi connectivity index (χ1) is 25.8. The lowest BCUT2D eigenvalue weighted by molar-refractivity contribution is 0.532. The van der Waals surface area contributed by atoms with Crippen molar-refractivity contribution in [3.63, 3.8) is 0 Å². The van der Waals surface area contributed by atoms with Crippen LogP contribution in [0.3, 0.4) is 0 Å². The maximum Gasteiger partial charge on any atom is 0.156 e. The fourth-order valence-electron chi connectivity index (χ4n) is 8.87. The first-order valence-electron chi connectivity index (χ1n) is 18.2. The van der Waals surface area contributed by atoms with Gasteiger partial charge in [0.2, 0.25) is 0 Å². The van der Waals surface area contributed by atoms with Gasteiger partial charge in [0.1, 0.15) is 0 Å². The number of nitrogens with zero attached hydrogens (tertiary/aromatic N) is 3. The minimum absolute atomic E-state index is 0.0698. The molecule has 3 nitrogen and oxygen atoms in total. The highest BCUT2D eigenvalue weighted by Gasteiger charge is 2.33. The molecule has 0 saturated carbocycles. The Hall–Kier alpha value is -6.10. The van der Waals surface area contributed by atoms with Gasteiger partial charge in [-0.25, -0.2) is 4.99 Å². The fraction of sp³-hybridized carbons (Fsp3) is 0.0833. The van der Waals surface area contributed by atoms with Crippen LogP contribution in [0, 0.1) is 5.92 Å². The second-order valence-electron chi connectivity index (χ2n) is 13.9. The Kier molecular flexibility index (Phi) is 6.53. The molecule has 0 spiro atoms. The molecular weight excluding hydrogens is 651 g/mol. The molecule has 2 unspecified atom stereocenters. The molecule has 1 aliphatic heterocycles. The summed E-state index contributed by atoms with van der Waals surface area (Å²) in [6.45, 7) is 2.27. The number of amidine groups is 1. The third-order valence-electron chi connectivity index (χ3n) is 11.2. The zero-order chi connectivity index (χ0) is 34.3. The minimum Gasteiger partial charge on any atom is -0.308 e. The zero-order valence-electron chi connectivity index (χ0n) is 28.6. The van der Waals surface area contributed by atoms with Crippen LogP contribution in [0.25, 0.3) is 69.4 Å². The molecule has 1 aliphatic rings. The van der Waals surface area contributed by atoms with E-state index < -0.39 is 0 Å². The summed E-state index contributed by atoms with van der Waals surface area (Å²) in [4.78, 5) is 11.4. The van der Waals surface area contributed by atoms with Gasteiger partial charge in [-0.2, -0.15) is 0 Å². The van der Waals surface area contributed by atoms with Crippen molar-refractivity contribution in [3.05, 3.63) is 174 Å². The number of aromatic nitrogens is 1. The van der Waals surface area contributed by atoms with Crippen LogP contribution in [0.15, 0.2) is 168 Å². The molecule has 52 heavy (non-hydrogen) atoms. The maximum absolute atomic E-state index is 5.71. The van der Waals surface area contributed by atoms with Gasteiger partial charge in [-0.15, -0.1) is 11.3 Å². The average molecular weight is 684 g/mol. The lowest BCUT2D eigenvalue weighted by Crippen LogP contribution is -2.28. The van der Waals surface area contributed by atoms with E-state index in [1.807, 2.05) is 11.3 Å². The van der Waals surface area contributed by atoms with Crippen LogP contribution in [-0.2, 0) is 0 Å². The van der Waals surface area contributed by atoms with Crippen molar-refractivity contribution in [2.24, 2.45) is 15.9 Å². The number of thiophene rings is 1. The molecule has 0 fully saturated rings. The van der Waals surface area contributed by atoms with Crippen molar-refractivity contribution in [1.29, 1.82) is 0 Å². The molecule has 0 bridgehead atoms. The SMILES string of the molecule is CCC1C(c2ccccc2)=NC(c2c(-c3ccc4c(c3)sc3ccccc34)ccc3c2c2cccc4c5ccccc5n3c42)=NC1c1ccccc1. The van der Waals surface area contributed by atoms with Gasteiger partial charge in [0.15, 0.2) is 5.84 Å². The highest BCUT2D eigenvalue weighted by molar-refractivity contribution is 7.25. The number of rotatable bonds is 5. The molecule has 4 heteroatoms. The van der Waals surface area contributed by atoms with E-state index >= 15 is 0 Å². The largest absolute Gasteiger partial charge is 0.308 e. The highest BCUT2D eigenvalue weighted by Crippen LogP contribution is 2.46. The first-order valence-corrected chi connectivity index (χ1v) is 19.0. The van der Waals surface area contributed by atoms with Crippen LogP contribution >= 0.6 is 11.3 Å². The van der Waals surface area contributed by atoms with E-state index in [4.69, 9.17) is 9.98 Å². The van der Waals surface area contributed by atoms with Gasteiger partial charge in [0, 0.05) is 53.2 Å². The fourth-order valence-corrected chi connectivity index (χ4v) is 10.0. The number of benzene rings is 7. The van der Waals surface area contributed by atoms with Gasteiger partial charge >= 0.3 is 0 Å². The molecule has 0 N–H and O–H groups in total. The first kappa shape index (κ1) is 29.6. The molecule has 11 rings (SSSR count). The summed E-state index contributed by atoms with van der Waals surface area (Å²) in [6.07, 6.45) is 0.934. The van der Waals surface area contributed by atoms with E-state index in [9.17, 15) is 0 Å². The monoisotopic (exact) mass is 683 g/mol. The predicted molar refractivity (Wildman–Crippen MR) is 222 cm³/mol. The predicted octanol–water partition coefficient (Wildman–Crippen LogP) is 12.9. The molecule has 10 aromatic rings. The molecule has 246 valence electrons. The van der Waals surface area contributed by atoms with Crippen molar-refractivity contribution in [1.82, 2.24) is 4.40 Å². The lowest BCUT2D eigenvalue weighted by Gasteiger charge is -2.30. The van der Waals surface area contributed by atoms with Crippen LogP contribution in [0.2, 0.25) is 0 Å². The van der Waals surface area contributed by atoms with Gasteiger partial charge in [0.05, 0.1) is 28.3 Å². The van der Waals surface area contributed by atoms with E-state index in [-0.39, 0.29) is 12.0 Å². The molecule has 3 aromatic heterocycles. The average Bonchev–Trinajstić information content (AvgIpc) is 3.87. The van der Waals surface area contributed by atoms with E-state index in [0.29, 0.717) is 0 Å². The minimum atomic E-state index is -0.0698.